The number of phenols is 1. The van der Waals surface area contributed by atoms with Gasteiger partial charge in [0.15, 0.2) is 0 Å². The van der Waals surface area contributed by atoms with Gasteiger partial charge in [-0.2, -0.15) is 4.98 Å². The molecule has 2 aromatic rings. The molecule has 0 radical (unpaired) electrons. The molecule has 0 atom stereocenters. The number of ether oxygens (including phenoxy) is 1. The Kier molecular flexibility index (Phi) is 5.40. The van der Waals surface area contributed by atoms with Crippen molar-refractivity contribution in [1.29, 1.82) is 0 Å². The van der Waals surface area contributed by atoms with E-state index in [-0.39, 0.29) is 5.75 Å². The van der Waals surface area contributed by atoms with Gasteiger partial charge in [0.05, 0.1) is 18.9 Å². The SMILES string of the molecule is CN1CCCN(c2cc(-c3cccc(O)c3)nc(N3CCOCC3)n2)CC1. The van der Waals surface area contributed by atoms with Gasteiger partial charge in [-0.3, -0.25) is 0 Å². The number of morpholine rings is 1. The number of nitrogens with zero attached hydrogens (tertiary/aromatic N) is 5. The molecule has 1 aromatic heterocycles. The van der Waals surface area contributed by atoms with Crippen LogP contribution in [-0.4, -0.2) is 79.5 Å². The highest BCUT2D eigenvalue weighted by molar-refractivity contribution is 5.66. The van der Waals surface area contributed by atoms with Crippen molar-refractivity contribution in [1.82, 2.24) is 14.9 Å². The van der Waals surface area contributed by atoms with Gasteiger partial charge >= 0.3 is 0 Å². The minimum atomic E-state index is 0.247. The molecule has 7 nitrogen and oxygen atoms in total. The van der Waals surface area contributed by atoms with E-state index >= 15 is 0 Å². The predicted octanol–water partition coefficient (Wildman–Crippen LogP) is 1.83. The van der Waals surface area contributed by atoms with E-state index in [2.05, 4.69) is 21.7 Å². The van der Waals surface area contributed by atoms with E-state index in [4.69, 9.17) is 14.7 Å². The molecule has 3 heterocycles. The van der Waals surface area contributed by atoms with Gasteiger partial charge in [0.1, 0.15) is 11.6 Å². The third-order valence-corrected chi connectivity index (χ3v) is 5.18. The molecule has 2 fully saturated rings. The highest BCUT2D eigenvalue weighted by atomic mass is 16.5. The van der Waals surface area contributed by atoms with Crippen LogP contribution < -0.4 is 9.80 Å². The zero-order chi connectivity index (χ0) is 18.6. The second kappa shape index (κ2) is 8.10. The average Bonchev–Trinajstić information content (AvgIpc) is 2.93. The van der Waals surface area contributed by atoms with Crippen molar-refractivity contribution in [2.75, 3.05) is 69.3 Å². The number of anilines is 2. The van der Waals surface area contributed by atoms with Crippen molar-refractivity contribution < 1.29 is 9.84 Å². The van der Waals surface area contributed by atoms with Crippen LogP contribution in [0.1, 0.15) is 6.42 Å². The van der Waals surface area contributed by atoms with Crippen molar-refractivity contribution in [3.05, 3.63) is 30.3 Å². The molecule has 1 N–H and O–H groups in total. The van der Waals surface area contributed by atoms with E-state index < -0.39 is 0 Å². The first kappa shape index (κ1) is 18.0. The van der Waals surface area contributed by atoms with Gasteiger partial charge in [-0.05, 0) is 32.1 Å². The molecule has 27 heavy (non-hydrogen) atoms. The molecule has 0 amide bonds. The number of aromatic nitrogens is 2. The zero-order valence-electron chi connectivity index (χ0n) is 15.8. The van der Waals surface area contributed by atoms with Gasteiger partial charge in [-0.15, -0.1) is 0 Å². The monoisotopic (exact) mass is 369 g/mol. The summed E-state index contributed by atoms with van der Waals surface area (Å²) in [6.45, 7) is 7.07. The second-order valence-corrected chi connectivity index (χ2v) is 7.21. The molecule has 2 saturated heterocycles. The lowest BCUT2D eigenvalue weighted by Crippen LogP contribution is -2.38. The fraction of sp³-hybridized carbons (Fsp3) is 0.500. The standard InChI is InChI=1S/C20H27N5O2/c1-23-6-3-7-24(9-8-23)19-15-18(16-4-2-5-17(26)14-16)21-20(22-19)25-10-12-27-13-11-25/h2,4-5,14-15,26H,3,6-13H2,1H3. The Morgan fingerprint density at radius 1 is 0.926 bits per heavy atom. The minimum absolute atomic E-state index is 0.247. The molecule has 0 bridgehead atoms. The lowest BCUT2D eigenvalue weighted by atomic mass is 10.1. The molecular formula is C20H27N5O2. The number of hydrogen-bond donors (Lipinski definition) is 1. The Bertz CT molecular complexity index is 779. The second-order valence-electron chi connectivity index (χ2n) is 7.21. The van der Waals surface area contributed by atoms with Crippen LogP contribution in [0.4, 0.5) is 11.8 Å². The summed E-state index contributed by atoms with van der Waals surface area (Å²) in [5, 5.41) is 9.89. The summed E-state index contributed by atoms with van der Waals surface area (Å²) < 4.78 is 5.48. The number of hydrogen-bond acceptors (Lipinski definition) is 7. The van der Waals surface area contributed by atoms with E-state index in [0.717, 1.165) is 68.7 Å². The predicted molar refractivity (Wildman–Crippen MR) is 106 cm³/mol. The molecule has 0 saturated carbocycles. The maximum absolute atomic E-state index is 9.89. The van der Waals surface area contributed by atoms with Gasteiger partial charge < -0.3 is 24.5 Å². The normalized spacial score (nSPS) is 19.1. The number of phenolic OH excluding ortho intramolecular Hbond substituents is 1. The first-order chi connectivity index (χ1) is 13.2. The van der Waals surface area contributed by atoms with Crippen LogP contribution >= 0.6 is 0 Å². The summed E-state index contributed by atoms with van der Waals surface area (Å²) in [5.74, 6) is 1.95. The third kappa shape index (κ3) is 4.31. The largest absolute Gasteiger partial charge is 0.508 e. The zero-order valence-corrected chi connectivity index (χ0v) is 15.8. The lowest BCUT2D eigenvalue weighted by molar-refractivity contribution is 0.122. The minimum Gasteiger partial charge on any atom is -0.508 e. The van der Waals surface area contributed by atoms with E-state index in [1.165, 1.54) is 0 Å². The van der Waals surface area contributed by atoms with Gasteiger partial charge in [-0.1, -0.05) is 12.1 Å². The number of likely N-dealkylation sites (N-methyl/N-ethyl adjacent to an activating group) is 1. The molecule has 2 aliphatic heterocycles. The van der Waals surface area contributed by atoms with Crippen molar-refractivity contribution in [2.24, 2.45) is 0 Å². The molecule has 4 rings (SSSR count). The molecule has 0 unspecified atom stereocenters. The first-order valence-electron chi connectivity index (χ1n) is 9.64. The van der Waals surface area contributed by atoms with Gasteiger partial charge in [0.25, 0.3) is 0 Å². The van der Waals surface area contributed by atoms with Crippen LogP contribution in [0.25, 0.3) is 11.3 Å². The molecule has 7 heteroatoms. The molecule has 144 valence electrons. The maximum Gasteiger partial charge on any atom is 0.228 e. The van der Waals surface area contributed by atoms with E-state index in [1.54, 1.807) is 12.1 Å². The van der Waals surface area contributed by atoms with Gasteiger partial charge in [-0.25, -0.2) is 4.98 Å². The quantitative estimate of drug-likeness (QED) is 0.885. The van der Waals surface area contributed by atoms with Crippen LogP contribution in [0, 0.1) is 0 Å². The van der Waals surface area contributed by atoms with Crippen LogP contribution in [0.15, 0.2) is 30.3 Å². The van der Waals surface area contributed by atoms with Crippen LogP contribution in [0.3, 0.4) is 0 Å². The molecule has 0 spiro atoms. The van der Waals surface area contributed by atoms with Crippen molar-refractivity contribution in [3.63, 3.8) is 0 Å². The maximum atomic E-state index is 9.89. The lowest BCUT2D eigenvalue weighted by Gasteiger charge is -2.29. The van der Waals surface area contributed by atoms with Crippen LogP contribution in [-0.2, 0) is 4.74 Å². The summed E-state index contributed by atoms with van der Waals surface area (Å²) in [4.78, 5) is 16.6. The molecule has 0 aliphatic carbocycles. The smallest absolute Gasteiger partial charge is 0.228 e. The number of rotatable bonds is 3. The summed E-state index contributed by atoms with van der Waals surface area (Å²) in [5.41, 5.74) is 1.75. The average molecular weight is 369 g/mol. The first-order valence-corrected chi connectivity index (χ1v) is 9.64. The van der Waals surface area contributed by atoms with E-state index in [1.807, 2.05) is 18.2 Å². The van der Waals surface area contributed by atoms with Crippen molar-refractivity contribution in [2.45, 2.75) is 6.42 Å². The van der Waals surface area contributed by atoms with Crippen LogP contribution in [0.2, 0.25) is 0 Å². The highest BCUT2D eigenvalue weighted by Crippen LogP contribution is 2.28. The summed E-state index contributed by atoms with van der Waals surface area (Å²) in [7, 11) is 2.17. The summed E-state index contributed by atoms with van der Waals surface area (Å²) >= 11 is 0. The molecule has 1 aromatic carbocycles. The molecular weight excluding hydrogens is 342 g/mol. The summed E-state index contributed by atoms with van der Waals surface area (Å²) in [6.07, 6.45) is 1.12. The Morgan fingerprint density at radius 3 is 2.59 bits per heavy atom. The van der Waals surface area contributed by atoms with E-state index in [0.29, 0.717) is 13.2 Å². The Labute approximate surface area is 160 Å². The fourth-order valence-electron chi connectivity index (χ4n) is 3.58. The number of aromatic hydroxyl groups is 1. The highest BCUT2D eigenvalue weighted by Gasteiger charge is 2.20. The van der Waals surface area contributed by atoms with Crippen LogP contribution in [0.5, 0.6) is 5.75 Å². The molecule has 2 aliphatic rings. The van der Waals surface area contributed by atoms with Crippen molar-refractivity contribution in [3.8, 4) is 17.0 Å². The van der Waals surface area contributed by atoms with Gasteiger partial charge in [0.2, 0.25) is 5.95 Å². The van der Waals surface area contributed by atoms with Gasteiger partial charge in [0, 0.05) is 44.4 Å². The summed E-state index contributed by atoms with van der Waals surface area (Å²) in [6, 6.07) is 9.31. The fourth-order valence-corrected chi connectivity index (χ4v) is 3.58. The Morgan fingerprint density at radius 2 is 1.78 bits per heavy atom. The Balaban J connectivity index is 1.71. The number of benzene rings is 1. The Hall–Kier alpha value is -2.38. The van der Waals surface area contributed by atoms with E-state index in [9.17, 15) is 5.11 Å². The topological polar surface area (TPSA) is 65.0 Å². The van der Waals surface area contributed by atoms with Crippen molar-refractivity contribution >= 4 is 11.8 Å². The third-order valence-electron chi connectivity index (χ3n) is 5.18.